The molecule has 0 spiro atoms. The number of benzene rings is 1. The molecule has 160 valence electrons. The first kappa shape index (κ1) is 23.3. The number of guanidine groups is 1. The molecule has 1 aromatic heterocycles. The van der Waals surface area contributed by atoms with E-state index in [9.17, 15) is 0 Å². The summed E-state index contributed by atoms with van der Waals surface area (Å²) in [5, 5.41) is 11.5. The minimum absolute atomic E-state index is 0. The van der Waals surface area contributed by atoms with E-state index in [1.807, 2.05) is 26.1 Å². The lowest BCUT2D eigenvalue weighted by Crippen LogP contribution is -2.45. The number of aromatic nitrogens is 2. The number of aryl methyl sites for hydroxylation is 3. The summed E-state index contributed by atoms with van der Waals surface area (Å²) >= 11 is 0. The normalized spacial score (nSPS) is 16.5. The molecule has 1 fully saturated rings. The van der Waals surface area contributed by atoms with Gasteiger partial charge in [-0.2, -0.15) is 5.10 Å². The van der Waals surface area contributed by atoms with E-state index in [1.54, 1.807) is 7.11 Å². The Balaban J connectivity index is 0.00000300. The van der Waals surface area contributed by atoms with Crippen molar-refractivity contribution in [1.29, 1.82) is 0 Å². The minimum Gasteiger partial charge on any atom is -0.495 e. The fourth-order valence-corrected chi connectivity index (χ4v) is 3.71. The molecule has 0 radical (unpaired) electrons. The number of aliphatic imine (C=N–C) groups is 1. The highest BCUT2D eigenvalue weighted by molar-refractivity contribution is 14.0. The van der Waals surface area contributed by atoms with Crippen LogP contribution in [0, 0.1) is 13.8 Å². The Morgan fingerprint density at radius 3 is 2.79 bits per heavy atom. The molecule has 29 heavy (non-hydrogen) atoms. The number of ether oxygens (including phenoxy) is 1. The van der Waals surface area contributed by atoms with Crippen molar-refractivity contribution < 1.29 is 4.74 Å². The number of nitrogens with zero attached hydrogens (tertiary/aromatic N) is 4. The number of rotatable bonds is 7. The fourth-order valence-electron chi connectivity index (χ4n) is 3.71. The van der Waals surface area contributed by atoms with Crippen molar-refractivity contribution in [2.24, 2.45) is 4.99 Å². The number of para-hydroxylation sites is 2. The predicted molar refractivity (Wildman–Crippen MR) is 130 cm³/mol. The molecule has 1 aromatic carbocycles. The molecule has 2 heterocycles. The minimum atomic E-state index is 0. The highest BCUT2D eigenvalue weighted by Crippen LogP contribution is 2.30. The van der Waals surface area contributed by atoms with Gasteiger partial charge in [-0.1, -0.05) is 12.1 Å². The fraction of sp³-hybridized carbons (Fsp3) is 0.524. The van der Waals surface area contributed by atoms with E-state index < -0.39 is 0 Å². The van der Waals surface area contributed by atoms with Gasteiger partial charge in [0, 0.05) is 45.0 Å². The van der Waals surface area contributed by atoms with Crippen molar-refractivity contribution >= 4 is 35.6 Å². The molecule has 2 N–H and O–H groups in total. The number of hydrogen-bond donors (Lipinski definition) is 2. The molecule has 7 nitrogen and oxygen atoms in total. The second-order valence-corrected chi connectivity index (χ2v) is 7.25. The van der Waals surface area contributed by atoms with Crippen molar-refractivity contribution in [1.82, 2.24) is 20.4 Å². The lowest BCUT2D eigenvalue weighted by atomic mass is 10.2. The molecule has 0 aliphatic carbocycles. The topological polar surface area (TPSA) is 66.7 Å². The maximum atomic E-state index is 5.50. The second-order valence-electron chi connectivity index (χ2n) is 7.25. The molecule has 0 amide bonds. The van der Waals surface area contributed by atoms with Gasteiger partial charge in [-0.3, -0.25) is 9.67 Å². The Hall–Kier alpha value is -1.97. The summed E-state index contributed by atoms with van der Waals surface area (Å²) in [4.78, 5) is 6.75. The first-order valence-electron chi connectivity index (χ1n) is 9.97. The van der Waals surface area contributed by atoms with Gasteiger partial charge in [-0.05, 0) is 44.9 Å². The molecule has 0 saturated carbocycles. The van der Waals surface area contributed by atoms with Crippen LogP contribution in [0.5, 0.6) is 5.75 Å². The first-order valence-corrected chi connectivity index (χ1v) is 9.97. The molecule has 0 bridgehead atoms. The quantitative estimate of drug-likeness (QED) is 0.259. The molecular weight excluding hydrogens is 479 g/mol. The molecular formula is C21H33IN6O. The van der Waals surface area contributed by atoms with Crippen LogP contribution >= 0.6 is 24.0 Å². The van der Waals surface area contributed by atoms with Crippen LogP contribution in [0.1, 0.15) is 24.2 Å². The third kappa shape index (κ3) is 6.25. The summed E-state index contributed by atoms with van der Waals surface area (Å²) in [6, 6.07) is 10.7. The molecule has 2 aromatic rings. The van der Waals surface area contributed by atoms with Crippen molar-refractivity contribution in [2.75, 3.05) is 38.7 Å². The summed E-state index contributed by atoms with van der Waals surface area (Å²) in [5.74, 6) is 1.79. The largest absolute Gasteiger partial charge is 0.495 e. The van der Waals surface area contributed by atoms with Crippen LogP contribution in [-0.2, 0) is 6.54 Å². The van der Waals surface area contributed by atoms with Gasteiger partial charge in [0.15, 0.2) is 5.96 Å². The number of anilines is 1. The third-order valence-corrected chi connectivity index (χ3v) is 5.12. The van der Waals surface area contributed by atoms with E-state index in [0.29, 0.717) is 6.04 Å². The van der Waals surface area contributed by atoms with Crippen molar-refractivity contribution in [3.05, 3.63) is 41.7 Å². The second kappa shape index (κ2) is 11.3. The van der Waals surface area contributed by atoms with Gasteiger partial charge in [-0.15, -0.1) is 24.0 Å². The number of hydrogen-bond acceptors (Lipinski definition) is 4. The summed E-state index contributed by atoms with van der Waals surface area (Å²) in [6.45, 7) is 7.85. The van der Waals surface area contributed by atoms with Crippen molar-refractivity contribution in [3.8, 4) is 5.75 Å². The van der Waals surface area contributed by atoms with Crippen molar-refractivity contribution in [3.63, 3.8) is 0 Å². The summed E-state index contributed by atoms with van der Waals surface area (Å²) in [7, 11) is 3.55. The lowest BCUT2D eigenvalue weighted by molar-refractivity contribution is 0.415. The Kier molecular flexibility index (Phi) is 9.06. The summed E-state index contributed by atoms with van der Waals surface area (Å²) in [6.07, 6.45) is 2.07. The molecule has 3 rings (SSSR count). The average Bonchev–Trinajstić information content (AvgIpc) is 3.29. The van der Waals surface area contributed by atoms with E-state index >= 15 is 0 Å². The van der Waals surface area contributed by atoms with Crippen LogP contribution in [0.15, 0.2) is 35.3 Å². The zero-order chi connectivity index (χ0) is 19.9. The Bertz CT molecular complexity index is 806. The highest BCUT2D eigenvalue weighted by Gasteiger charge is 2.25. The highest BCUT2D eigenvalue weighted by atomic mass is 127. The molecule has 1 aliphatic rings. The standard InChI is InChI=1S/C21H32N6O.HI/c1-16-14-17(2)27(25-16)12-7-11-23-21(22-3)24-18-10-13-26(15-18)19-8-5-6-9-20(19)28-4;/h5-6,8-9,14,18H,7,10-13,15H2,1-4H3,(H2,22,23,24);1H. The van der Waals surface area contributed by atoms with Gasteiger partial charge in [-0.25, -0.2) is 0 Å². The van der Waals surface area contributed by atoms with Gasteiger partial charge < -0.3 is 20.3 Å². The molecule has 1 aliphatic heterocycles. The third-order valence-electron chi connectivity index (χ3n) is 5.12. The first-order chi connectivity index (χ1) is 13.6. The Morgan fingerprint density at radius 2 is 2.10 bits per heavy atom. The van der Waals surface area contributed by atoms with Gasteiger partial charge >= 0.3 is 0 Å². The Labute approximate surface area is 190 Å². The van der Waals surface area contributed by atoms with Gasteiger partial charge in [0.2, 0.25) is 0 Å². The maximum Gasteiger partial charge on any atom is 0.191 e. The van der Waals surface area contributed by atoms with E-state index in [0.717, 1.165) is 62.1 Å². The number of halogens is 1. The zero-order valence-electron chi connectivity index (χ0n) is 17.8. The zero-order valence-corrected chi connectivity index (χ0v) is 20.1. The van der Waals surface area contributed by atoms with Gasteiger partial charge in [0.05, 0.1) is 18.5 Å². The van der Waals surface area contributed by atoms with Crippen LogP contribution < -0.4 is 20.3 Å². The molecule has 1 atom stereocenters. The summed E-state index contributed by atoms with van der Waals surface area (Å²) in [5.41, 5.74) is 3.44. The monoisotopic (exact) mass is 512 g/mol. The smallest absolute Gasteiger partial charge is 0.191 e. The molecule has 1 saturated heterocycles. The molecule has 1 unspecified atom stereocenters. The van der Waals surface area contributed by atoms with Crippen LogP contribution in [0.25, 0.3) is 0 Å². The average molecular weight is 512 g/mol. The Morgan fingerprint density at radius 1 is 1.31 bits per heavy atom. The van der Waals surface area contributed by atoms with E-state index in [4.69, 9.17) is 4.74 Å². The van der Waals surface area contributed by atoms with E-state index in [1.165, 1.54) is 5.69 Å². The maximum absolute atomic E-state index is 5.50. The van der Waals surface area contributed by atoms with Crippen LogP contribution in [0.4, 0.5) is 5.69 Å². The van der Waals surface area contributed by atoms with E-state index in [2.05, 4.69) is 55.4 Å². The molecule has 8 heteroatoms. The van der Waals surface area contributed by atoms with E-state index in [-0.39, 0.29) is 24.0 Å². The predicted octanol–water partition coefficient (Wildman–Crippen LogP) is 2.96. The summed E-state index contributed by atoms with van der Waals surface area (Å²) < 4.78 is 7.57. The van der Waals surface area contributed by atoms with Crippen molar-refractivity contribution in [2.45, 2.75) is 39.3 Å². The number of nitrogens with one attached hydrogen (secondary N) is 2. The van der Waals surface area contributed by atoms with Crippen LogP contribution in [0.2, 0.25) is 0 Å². The van der Waals surface area contributed by atoms with Gasteiger partial charge in [0.25, 0.3) is 0 Å². The SMILES string of the molecule is CN=C(NCCCn1nc(C)cc1C)NC1CCN(c2ccccc2OC)C1.I. The lowest BCUT2D eigenvalue weighted by Gasteiger charge is -2.22. The van der Waals surface area contributed by atoms with Gasteiger partial charge in [0.1, 0.15) is 5.75 Å². The number of methoxy groups -OCH3 is 1. The van der Waals surface area contributed by atoms with Crippen LogP contribution in [0.3, 0.4) is 0 Å². The van der Waals surface area contributed by atoms with Crippen LogP contribution in [-0.4, -0.2) is 55.6 Å².